The van der Waals surface area contributed by atoms with E-state index in [4.69, 9.17) is 9.26 Å². The Morgan fingerprint density at radius 2 is 2.04 bits per heavy atom. The number of aromatic nitrogens is 2. The van der Waals surface area contributed by atoms with Gasteiger partial charge in [0.05, 0.1) is 6.54 Å². The van der Waals surface area contributed by atoms with E-state index in [9.17, 15) is 4.79 Å². The van der Waals surface area contributed by atoms with Crippen LogP contribution < -0.4 is 10.1 Å². The lowest BCUT2D eigenvalue weighted by atomic mass is 10.2. The molecule has 3 aromatic rings. The van der Waals surface area contributed by atoms with Crippen molar-refractivity contribution in [3.8, 4) is 17.1 Å². The second-order valence-electron chi connectivity index (χ2n) is 5.81. The number of amides is 1. The van der Waals surface area contributed by atoms with E-state index in [-0.39, 0.29) is 12.5 Å². The number of ether oxygens (including phenoxy) is 1. The minimum atomic E-state index is -0.634. The summed E-state index contributed by atoms with van der Waals surface area (Å²) in [7, 11) is 0. The standard InChI is InChI=1S/C19H18BrN3O3/c1-12-6-8-16(9-7-12)25-13(2)19(24)21-11-17-22-18(23-26-17)14-4-3-5-15(20)10-14/h3-10,13H,11H2,1-2H3,(H,21,24)/t13-/m0/s1. The number of halogens is 1. The van der Waals surface area contributed by atoms with Crippen molar-refractivity contribution in [3.63, 3.8) is 0 Å². The van der Waals surface area contributed by atoms with Crippen LogP contribution in [0.1, 0.15) is 18.4 Å². The number of benzene rings is 2. The first-order chi connectivity index (χ1) is 12.5. The lowest BCUT2D eigenvalue weighted by Crippen LogP contribution is -2.35. The molecular weight excluding hydrogens is 398 g/mol. The normalized spacial score (nSPS) is 11.8. The van der Waals surface area contributed by atoms with Crippen molar-refractivity contribution in [2.75, 3.05) is 0 Å². The minimum absolute atomic E-state index is 0.140. The zero-order valence-electron chi connectivity index (χ0n) is 14.4. The van der Waals surface area contributed by atoms with Gasteiger partial charge in [0.1, 0.15) is 5.75 Å². The second-order valence-corrected chi connectivity index (χ2v) is 6.73. The van der Waals surface area contributed by atoms with Crippen LogP contribution in [-0.4, -0.2) is 22.2 Å². The first-order valence-electron chi connectivity index (χ1n) is 8.11. The van der Waals surface area contributed by atoms with E-state index >= 15 is 0 Å². The maximum Gasteiger partial charge on any atom is 0.261 e. The van der Waals surface area contributed by atoms with Crippen molar-refractivity contribution in [2.24, 2.45) is 0 Å². The maximum atomic E-state index is 12.2. The average molecular weight is 416 g/mol. The predicted octanol–water partition coefficient (Wildman–Crippen LogP) is 3.89. The van der Waals surface area contributed by atoms with Crippen molar-refractivity contribution >= 4 is 21.8 Å². The van der Waals surface area contributed by atoms with E-state index in [2.05, 4.69) is 31.4 Å². The van der Waals surface area contributed by atoms with Gasteiger partial charge < -0.3 is 14.6 Å². The molecule has 3 rings (SSSR count). The van der Waals surface area contributed by atoms with Gasteiger partial charge in [0.2, 0.25) is 11.7 Å². The smallest absolute Gasteiger partial charge is 0.261 e. The summed E-state index contributed by atoms with van der Waals surface area (Å²) in [6.45, 7) is 3.82. The van der Waals surface area contributed by atoms with Crippen LogP contribution in [0.4, 0.5) is 0 Å². The van der Waals surface area contributed by atoms with E-state index in [1.165, 1.54) is 0 Å². The van der Waals surface area contributed by atoms with Crippen LogP contribution in [0.15, 0.2) is 57.5 Å². The Morgan fingerprint density at radius 3 is 2.77 bits per heavy atom. The molecule has 7 heteroatoms. The van der Waals surface area contributed by atoms with Gasteiger partial charge in [-0.1, -0.05) is 50.9 Å². The van der Waals surface area contributed by atoms with Gasteiger partial charge >= 0.3 is 0 Å². The van der Waals surface area contributed by atoms with Gasteiger partial charge in [0, 0.05) is 10.0 Å². The van der Waals surface area contributed by atoms with E-state index in [1.807, 2.05) is 55.5 Å². The number of rotatable bonds is 6. The van der Waals surface area contributed by atoms with Crippen LogP contribution in [-0.2, 0) is 11.3 Å². The highest BCUT2D eigenvalue weighted by Gasteiger charge is 2.16. The van der Waals surface area contributed by atoms with Crippen LogP contribution in [0.3, 0.4) is 0 Å². The number of carbonyl (C=O) groups is 1. The van der Waals surface area contributed by atoms with Gasteiger partial charge in [-0.15, -0.1) is 0 Å². The van der Waals surface area contributed by atoms with Gasteiger partial charge in [0.15, 0.2) is 6.10 Å². The van der Waals surface area contributed by atoms with Crippen molar-refractivity contribution in [2.45, 2.75) is 26.5 Å². The Labute approximate surface area is 159 Å². The SMILES string of the molecule is Cc1ccc(O[C@@H](C)C(=O)NCc2nc(-c3cccc(Br)c3)no2)cc1. The number of carbonyl (C=O) groups excluding carboxylic acids is 1. The third-order valence-electron chi connectivity index (χ3n) is 3.67. The van der Waals surface area contributed by atoms with E-state index in [0.717, 1.165) is 15.6 Å². The van der Waals surface area contributed by atoms with E-state index in [0.29, 0.717) is 17.5 Å². The van der Waals surface area contributed by atoms with Crippen molar-refractivity contribution in [1.82, 2.24) is 15.5 Å². The summed E-state index contributed by atoms with van der Waals surface area (Å²) >= 11 is 3.41. The Hall–Kier alpha value is -2.67. The van der Waals surface area contributed by atoms with Crippen molar-refractivity contribution < 1.29 is 14.1 Å². The molecule has 0 radical (unpaired) electrons. The molecule has 6 nitrogen and oxygen atoms in total. The van der Waals surface area contributed by atoms with Gasteiger partial charge in [-0.25, -0.2) is 0 Å². The molecule has 1 heterocycles. The number of nitrogens with one attached hydrogen (secondary N) is 1. The fourth-order valence-corrected chi connectivity index (χ4v) is 2.65. The summed E-state index contributed by atoms with van der Waals surface area (Å²) in [5.74, 6) is 1.19. The molecule has 0 bridgehead atoms. The largest absolute Gasteiger partial charge is 0.481 e. The highest BCUT2D eigenvalue weighted by molar-refractivity contribution is 9.10. The topological polar surface area (TPSA) is 77.2 Å². The third-order valence-corrected chi connectivity index (χ3v) is 4.16. The van der Waals surface area contributed by atoms with Crippen LogP contribution in [0, 0.1) is 6.92 Å². The van der Waals surface area contributed by atoms with Crippen LogP contribution in [0.5, 0.6) is 5.75 Å². The summed E-state index contributed by atoms with van der Waals surface area (Å²) in [5, 5.41) is 6.67. The molecule has 0 aliphatic heterocycles. The molecule has 1 aromatic heterocycles. The zero-order chi connectivity index (χ0) is 18.5. The lowest BCUT2D eigenvalue weighted by molar-refractivity contribution is -0.127. The Balaban J connectivity index is 1.55. The minimum Gasteiger partial charge on any atom is -0.481 e. The molecule has 1 amide bonds. The summed E-state index contributed by atoms with van der Waals surface area (Å²) in [5.41, 5.74) is 1.96. The second kappa shape index (κ2) is 8.14. The van der Waals surface area contributed by atoms with Gasteiger partial charge in [0.25, 0.3) is 5.91 Å². The first kappa shape index (κ1) is 18.1. The molecule has 1 N–H and O–H groups in total. The molecule has 0 aliphatic rings. The number of nitrogens with zero attached hydrogens (tertiary/aromatic N) is 2. The maximum absolute atomic E-state index is 12.2. The van der Waals surface area contributed by atoms with Crippen molar-refractivity contribution in [1.29, 1.82) is 0 Å². The fourth-order valence-electron chi connectivity index (χ4n) is 2.25. The van der Waals surface area contributed by atoms with Crippen LogP contribution in [0.25, 0.3) is 11.4 Å². The van der Waals surface area contributed by atoms with Crippen molar-refractivity contribution in [3.05, 3.63) is 64.5 Å². The highest BCUT2D eigenvalue weighted by atomic mass is 79.9. The fraction of sp³-hybridized carbons (Fsp3) is 0.211. The molecule has 0 fully saturated rings. The Bertz CT molecular complexity index is 893. The van der Waals surface area contributed by atoms with Gasteiger partial charge in [-0.2, -0.15) is 4.98 Å². The molecule has 0 aliphatic carbocycles. The number of hydrogen-bond acceptors (Lipinski definition) is 5. The molecule has 0 saturated heterocycles. The van der Waals surface area contributed by atoms with Crippen LogP contribution in [0.2, 0.25) is 0 Å². The van der Waals surface area contributed by atoms with E-state index in [1.54, 1.807) is 6.92 Å². The van der Waals surface area contributed by atoms with Crippen LogP contribution >= 0.6 is 15.9 Å². The summed E-state index contributed by atoms with van der Waals surface area (Å²) < 4.78 is 11.7. The van der Waals surface area contributed by atoms with Gasteiger partial charge in [-0.05, 0) is 38.1 Å². The number of aryl methyl sites for hydroxylation is 1. The molecule has 26 heavy (non-hydrogen) atoms. The third kappa shape index (κ3) is 4.70. The summed E-state index contributed by atoms with van der Waals surface area (Å²) in [6, 6.07) is 15.1. The predicted molar refractivity (Wildman–Crippen MR) is 101 cm³/mol. The monoisotopic (exact) mass is 415 g/mol. The molecule has 1 atom stereocenters. The molecular formula is C19H18BrN3O3. The number of hydrogen-bond donors (Lipinski definition) is 1. The average Bonchev–Trinajstić information content (AvgIpc) is 3.10. The zero-order valence-corrected chi connectivity index (χ0v) is 16.0. The lowest BCUT2D eigenvalue weighted by Gasteiger charge is -2.14. The molecule has 0 unspecified atom stereocenters. The van der Waals surface area contributed by atoms with E-state index < -0.39 is 6.10 Å². The highest BCUT2D eigenvalue weighted by Crippen LogP contribution is 2.20. The summed E-state index contributed by atoms with van der Waals surface area (Å²) in [6.07, 6.45) is -0.634. The molecule has 0 spiro atoms. The van der Waals surface area contributed by atoms with Gasteiger partial charge in [-0.3, -0.25) is 4.79 Å². The first-order valence-corrected chi connectivity index (χ1v) is 8.90. The molecule has 0 saturated carbocycles. The molecule has 2 aromatic carbocycles. The summed E-state index contributed by atoms with van der Waals surface area (Å²) in [4.78, 5) is 16.5. The Morgan fingerprint density at radius 1 is 1.27 bits per heavy atom. The quantitative estimate of drug-likeness (QED) is 0.660. The Kier molecular flexibility index (Phi) is 5.68. The molecule has 134 valence electrons.